The third-order valence-corrected chi connectivity index (χ3v) is 7.45. The van der Waals surface area contributed by atoms with Crippen LogP contribution in [0.2, 0.25) is 0 Å². The van der Waals surface area contributed by atoms with Gasteiger partial charge in [-0.25, -0.2) is 0 Å². The van der Waals surface area contributed by atoms with E-state index in [4.69, 9.17) is 53.3 Å². The smallest absolute Gasteiger partial charge is 0.249 e. The van der Waals surface area contributed by atoms with E-state index in [1.165, 1.54) is 0 Å². The summed E-state index contributed by atoms with van der Waals surface area (Å²) in [6.45, 7) is -0.210. The normalized spacial score (nSPS) is 44.9. The fourth-order valence-corrected chi connectivity index (χ4v) is 5.07. The number of carbonyl (C=O) groups is 1. The van der Waals surface area contributed by atoms with E-state index in [-0.39, 0.29) is 32.0 Å². The Balaban J connectivity index is 1.82. The molecule has 0 aromatic heterocycles. The van der Waals surface area contributed by atoms with Crippen LogP contribution in [0.5, 0.6) is 0 Å². The number of aliphatic hydroxyl groups excluding tert-OH is 4. The molecular formula is C22H45N7O9. The van der Waals surface area contributed by atoms with Gasteiger partial charge < -0.3 is 79.1 Å². The van der Waals surface area contributed by atoms with Crippen LogP contribution in [0.3, 0.4) is 0 Å². The first-order valence-corrected chi connectivity index (χ1v) is 13.0. The Kier molecular flexibility index (Phi) is 11.6. The van der Waals surface area contributed by atoms with Gasteiger partial charge in [-0.1, -0.05) is 0 Å². The Bertz CT molecular complexity index is 756. The second-order valence-electron chi connectivity index (χ2n) is 10.3. The quantitative estimate of drug-likeness (QED) is 0.120. The number of hydrogen-bond acceptors (Lipinski definition) is 15. The molecule has 0 spiro atoms. The molecule has 3 rings (SSSR count). The fraction of sp³-hybridized carbons (Fsp3) is 0.955. The van der Waals surface area contributed by atoms with Gasteiger partial charge in [0.15, 0.2) is 12.6 Å². The second-order valence-corrected chi connectivity index (χ2v) is 10.3. The van der Waals surface area contributed by atoms with E-state index in [0.717, 1.165) is 0 Å². The van der Waals surface area contributed by atoms with Crippen molar-refractivity contribution in [3.8, 4) is 0 Å². The number of hydrogen-bond donors (Lipinski definition) is 11. The maximum Gasteiger partial charge on any atom is 0.249 e. The molecule has 16 heteroatoms. The van der Waals surface area contributed by atoms with Crippen LogP contribution in [-0.4, -0.2) is 132 Å². The first kappa shape index (κ1) is 31.4. The van der Waals surface area contributed by atoms with Gasteiger partial charge >= 0.3 is 0 Å². The number of ether oxygens (including phenoxy) is 4. The molecule has 3 fully saturated rings. The maximum absolute atomic E-state index is 12.6. The Morgan fingerprint density at radius 2 is 1.63 bits per heavy atom. The van der Waals surface area contributed by atoms with E-state index in [0.29, 0.717) is 12.8 Å². The lowest BCUT2D eigenvalue weighted by atomic mass is 9.83. The number of carbonyl (C=O) groups excluding carboxylic acids is 1. The van der Waals surface area contributed by atoms with Crippen molar-refractivity contribution >= 4 is 5.91 Å². The molecule has 2 saturated heterocycles. The summed E-state index contributed by atoms with van der Waals surface area (Å²) in [7, 11) is 0. The predicted molar refractivity (Wildman–Crippen MR) is 133 cm³/mol. The molecule has 14 atom stereocenters. The molecule has 2 heterocycles. The van der Waals surface area contributed by atoms with Gasteiger partial charge in [0.25, 0.3) is 0 Å². The Morgan fingerprint density at radius 1 is 0.947 bits per heavy atom. The third kappa shape index (κ3) is 7.15. The lowest BCUT2D eigenvalue weighted by molar-refractivity contribution is -0.294. The highest BCUT2D eigenvalue weighted by Gasteiger charge is 2.50. The highest BCUT2D eigenvalue weighted by molar-refractivity contribution is 5.80. The van der Waals surface area contributed by atoms with Gasteiger partial charge in [0.05, 0.1) is 43.0 Å². The molecule has 0 radical (unpaired) electrons. The molecule has 1 aliphatic carbocycles. The summed E-state index contributed by atoms with van der Waals surface area (Å²) in [6, 6.07) is -4.26. The van der Waals surface area contributed by atoms with Crippen molar-refractivity contribution in [2.24, 2.45) is 34.4 Å². The van der Waals surface area contributed by atoms with Gasteiger partial charge in [-0.2, -0.15) is 0 Å². The third-order valence-electron chi connectivity index (χ3n) is 7.45. The van der Waals surface area contributed by atoms with E-state index >= 15 is 0 Å². The van der Waals surface area contributed by atoms with Crippen LogP contribution in [0, 0.1) is 0 Å². The van der Waals surface area contributed by atoms with Crippen LogP contribution in [0.25, 0.3) is 0 Å². The van der Waals surface area contributed by atoms with Crippen molar-refractivity contribution in [1.82, 2.24) is 5.32 Å². The molecule has 0 aromatic rings. The SMILES string of the molecule is NCC[C@H](O)C(=O)N[C@@H]1C[C@H](N)[C@@H](O[C@H]2O[C@H](CN)CC[C@H]2N)[C@H](O)[C@H]1O[C@@H]1O[C@H](CO)[C@@H](O)[C@H](N)[C@H]1N. The summed E-state index contributed by atoms with van der Waals surface area (Å²) in [5.41, 5.74) is 35.9. The van der Waals surface area contributed by atoms with Gasteiger partial charge in [0, 0.05) is 12.6 Å². The van der Waals surface area contributed by atoms with Crippen LogP contribution >= 0.6 is 0 Å². The van der Waals surface area contributed by atoms with Crippen LogP contribution in [0.15, 0.2) is 0 Å². The highest BCUT2D eigenvalue weighted by atomic mass is 16.7. The lowest BCUT2D eigenvalue weighted by Gasteiger charge is -2.48. The minimum atomic E-state index is -1.45. The lowest BCUT2D eigenvalue weighted by Crippen LogP contribution is -2.70. The first-order valence-electron chi connectivity index (χ1n) is 13.0. The number of nitrogens with one attached hydrogen (secondary N) is 1. The monoisotopic (exact) mass is 551 g/mol. The van der Waals surface area contributed by atoms with Crippen LogP contribution < -0.4 is 39.7 Å². The maximum atomic E-state index is 12.6. The van der Waals surface area contributed by atoms with Crippen molar-refractivity contribution in [3.63, 3.8) is 0 Å². The number of nitrogens with two attached hydrogens (primary N) is 6. The Hall–Kier alpha value is -1.09. The van der Waals surface area contributed by atoms with Gasteiger partial charge in [-0.05, 0) is 32.2 Å². The molecule has 16 nitrogen and oxygen atoms in total. The second kappa shape index (κ2) is 14.0. The van der Waals surface area contributed by atoms with Crippen molar-refractivity contribution in [3.05, 3.63) is 0 Å². The summed E-state index contributed by atoms with van der Waals surface area (Å²) >= 11 is 0. The van der Waals surface area contributed by atoms with E-state index in [2.05, 4.69) is 5.32 Å². The van der Waals surface area contributed by atoms with Crippen molar-refractivity contribution in [2.45, 2.75) is 111 Å². The highest BCUT2D eigenvalue weighted by Crippen LogP contribution is 2.31. The average molecular weight is 552 g/mol. The van der Waals surface area contributed by atoms with Crippen LogP contribution in [-0.2, 0) is 23.7 Å². The average Bonchev–Trinajstić information content (AvgIpc) is 2.89. The fourth-order valence-electron chi connectivity index (χ4n) is 5.07. The van der Waals surface area contributed by atoms with Gasteiger partial charge in [-0.3, -0.25) is 4.79 Å². The van der Waals surface area contributed by atoms with E-state index < -0.39 is 91.9 Å². The molecule has 1 saturated carbocycles. The molecular weight excluding hydrogens is 506 g/mol. The topological polar surface area (TPSA) is 303 Å². The molecule has 0 bridgehead atoms. The zero-order chi connectivity index (χ0) is 28.1. The van der Waals surface area contributed by atoms with Crippen molar-refractivity contribution in [2.75, 3.05) is 19.7 Å². The summed E-state index contributed by atoms with van der Waals surface area (Å²) in [6.07, 6.45) is -8.52. The Labute approximate surface area is 221 Å². The molecule has 222 valence electrons. The summed E-state index contributed by atoms with van der Waals surface area (Å²) in [4.78, 5) is 12.6. The van der Waals surface area contributed by atoms with Crippen molar-refractivity contribution in [1.29, 1.82) is 0 Å². The standard InChI is InChI=1S/C22H45N7O9/c23-4-3-12(31)20(34)29-11-5-10(26)18(37-21-9(25)2-1-8(6-24)35-21)17(33)19(11)38-22-15(28)14(27)16(32)13(7-30)36-22/h8-19,21-22,30-33H,1-7,23-28H2,(H,29,34)/t8-,9+,10-,11+,12-,13+,14+,15+,16+,17-,18+,19-,21+,22-/m0/s1. The summed E-state index contributed by atoms with van der Waals surface area (Å²) < 4.78 is 23.6. The van der Waals surface area contributed by atoms with Gasteiger partial charge in [0.1, 0.15) is 30.5 Å². The molecule has 1 amide bonds. The van der Waals surface area contributed by atoms with E-state index in [9.17, 15) is 25.2 Å². The van der Waals surface area contributed by atoms with E-state index in [1.54, 1.807) is 0 Å². The first-order chi connectivity index (χ1) is 18.0. The largest absolute Gasteiger partial charge is 0.394 e. The van der Waals surface area contributed by atoms with Crippen LogP contribution in [0.4, 0.5) is 0 Å². The molecule has 0 unspecified atom stereocenters. The van der Waals surface area contributed by atoms with E-state index in [1.807, 2.05) is 0 Å². The predicted octanol–water partition coefficient (Wildman–Crippen LogP) is -6.43. The minimum Gasteiger partial charge on any atom is -0.394 e. The molecule has 3 aliphatic rings. The van der Waals surface area contributed by atoms with Gasteiger partial charge in [0.2, 0.25) is 5.91 Å². The van der Waals surface area contributed by atoms with Gasteiger partial charge in [-0.15, -0.1) is 0 Å². The zero-order valence-electron chi connectivity index (χ0n) is 21.3. The van der Waals surface area contributed by atoms with Crippen molar-refractivity contribution < 1.29 is 44.2 Å². The zero-order valence-corrected chi connectivity index (χ0v) is 21.3. The molecule has 0 aromatic carbocycles. The summed E-state index contributed by atoms with van der Waals surface area (Å²) in [5.74, 6) is -0.731. The molecule has 38 heavy (non-hydrogen) atoms. The number of aliphatic hydroxyl groups is 4. The number of amides is 1. The minimum absolute atomic E-state index is 0.0190. The Morgan fingerprint density at radius 3 is 2.26 bits per heavy atom. The molecule has 17 N–H and O–H groups in total. The van der Waals surface area contributed by atoms with Crippen LogP contribution in [0.1, 0.15) is 25.7 Å². The number of rotatable bonds is 10. The molecule has 2 aliphatic heterocycles. The summed E-state index contributed by atoms with van der Waals surface area (Å²) in [5, 5.41) is 44.0.